The van der Waals surface area contributed by atoms with Crippen molar-refractivity contribution < 1.29 is 8.42 Å². The molecule has 0 N–H and O–H groups in total. The minimum Gasteiger partial charge on any atom is -0.212 e. The molecule has 1 aromatic heterocycles. The van der Waals surface area contributed by atoms with E-state index in [1.165, 1.54) is 4.88 Å². The van der Waals surface area contributed by atoms with Gasteiger partial charge in [-0.15, -0.1) is 11.3 Å². The van der Waals surface area contributed by atoms with Crippen LogP contribution in [0.5, 0.6) is 0 Å². The summed E-state index contributed by atoms with van der Waals surface area (Å²) in [5.74, 6) is 0.444. The maximum atomic E-state index is 12.3. The summed E-state index contributed by atoms with van der Waals surface area (Å²) in [6.45, 7) is 4.58. The van der Waals surface area contributed by atoms with Crippen molar-refractivity contribution in [3.8, 4) is 0 Å². The number of thiophene rings is 1. The molecule has 0 unspecified atom stereocenters. The van der Waals surface area contributed by atoms with Gasteiger partial charge in [0.2, 0.25) is 10.0 Å². The van der Waals surface area contributed by atoms with Crippen LogP contribution in [0.1, 0.15) is 37.6 Å². The molecule has 0 radical (unpaired) electrons. The molecule has 1 aliphatic rings. The van der Waals surface area contributed by atoms with E-state index in [2.05, 4.69) is 0 Å². The molecule has 1 fully saturated rings. The molecule has 1 aromatic rings. The molecule has 2 rings (SSSR count). The van der Waals surface area contributed by atoms with Crippen LogP contribution in [0.4, 0.5) is 0 Å². The zero-order valence-electron chi connectivity index (χ0n) is 10.3. The zero-order valence-corrected chi connectivity index (χ0v) is 11.9. The van der Waals surface area contributed by atoms with E-state index in [-0.39, 0.29) is 17.7 Å². The van der Waals surface area contributed by atoms with Crippen LogP contribution in [-0.2, 0) is 10.0 Å². The van der Waals surface area contributed by atoms with E-state index in [1.807, 2.05) is 31.4 Å². The maximum Gasteiger partial charge on any atom is 0.214 e. The molecule has 3 nitrogen and oxygen atoms in total. The van der Waals surface area contributed by atoms with Crippen molar-refractivity contribution in [1.82, 2.24) is 4.31 Å². The summed E-state index contributed by atoms with van der Waals surface area (Å²) in [6, 6.07) is 4.11. The van der Waals surface area contributed by atoms with Gasteiger partial charge in [-0.25, -0.2) is 8.42 Å². The molecular weight excluding hydrogens is 254 g/mol. The second kappa shape index (κ2) is 5.08. The van der Waals surface area contributed by atoms with Crippen LogP contribution in [0, 0.1) is 5.92 Å². The van der Waals surface area contributed by atoms with Gasteiger partial charge in [0.15, 0.2) is 0 Å². The Kier molecular flexibility index (Phi) is 3.90. The van der Waals surface area contributed by atoms with Crippen molar-refractivity contribution in [2.24, 2.45) is 5.92 Å². The Balaban J connectivity index is 2.20. The molecule has 0 spiro atoms. The van der Waals surface area contributed by atoms with E-state index in [1.54, 1.807) is 15.6 Å². The normalized spacial score (nSPS) is 22.4. The van der Waals surface area contributed by atoms with Gasteiger partial charge in [-0.1, -0.05) is 19.9 Å². The van der Waals surface area contributed by atoms with Gasteiger partial charge in [0.05, 0.1) is 11.8 Å². The highest BCUT2D eigenvalue weighted by Crippen LogP contribution is 2.36. The van der Waals surface area contributed by atoms with Crippen molar-refractivity contribution in [2.45, 2.75) is 32.7 Å². The van der Waals surface area contributed by atoms with Crippen molar-refractivity contribution in [3.05, 3.63) is 22.4 Å². The lowest BCUT2D eigenvalue weighted by atomic mass is 10.2. The van der Waals surface area contributed by atoms with Gasteiger partial charge < -0.3 is 0 Å². The van der Waals surface area contributed by atoms with Crippen LogP contribution < -0.4 is 0 Å². The second-order valence-electron chi connectivity index (χ2n) is 4.96. The van der Waals surface area contributed by atoms with E-state index in [0.29, 0.717) is 6.54 Å². The van der Waals surface area contributed by atoms with Crippen molar-refractivity contribution in [2.75, 3.05) is 12.3 Å². The van der Waals surface area contributed by atoms with Gasteiger partial charge in [0.25, 0.3) is 0 Å². The third-order valence-electron chi connectivity index (χ3n) is 2.98. The quantitative estimate of drug-likeness (QED) is 0.846. The lowest BCUT2D eigenvalue weighted by molar-refractivity contribution is 0.397. The first-order valence-corrected chi connectivity index (χ1v) is 8.52. The monoisotopic (exact) mass is 273 g/mol. The molecule has 0 aromatic carbocycles. The predicted molar refractivity (Wildman–Crippen MR) is 71.6 cm³/mol. The Hall–Kier alpha value is -0.390. The van der Waals surface area contributed by atoms with E-state index >= 15 is 0 Å². The molecular formula is C12H19NO2S2. The number of rotatable bonds is 4. The lowest BCUT2D eigenvalue weighted by Crippen LogP contribution is -2.33. The smallest absolute Gasteiger partial charge is 0.212 e. The van der Waals surface area contributed by atoms with Crippen LogP contribution in [0.3, 0.4) is 0 Å². The van der Waals surface area contributed by atoms with Gasteiger partial charge in [-0.05, 0) is 30.2 Å². The van der Waals surface area contributed by atoms with Crippen molar-refractivity contribution in [1.29, 1.82) is 0 Å². The fourth-order valence-electron chi connectivity index (χ4n) is 2.36. The van der Waals surface area contributed by atoms with E-state index in [9.17, 15) is 8.42 Å². The highest BCUT2D eigenvalue weighted by Gasteiger charge is 2.35. The molecule has 0 aliphatic carbocycles. The molecule has 96 valence electrons. The fraction of sp³-hybridized carbons (Fsp3) is 0.667. The largest absolute Gasteiger partial charge is 0.214 e. The Morgan fingerprint density at radius 2 is 2.29 bits per heavy atom. The molecule has 1 aliphatic heterocycles. The maximum absolute atomic E-state index is 12.3. The third-order valence-corrected chi connectivity index (χ3v) is 6.19. The average Bonchev–Trinajstić information content (AvgIpc) is 2.86. The molecule has 1 saturated heterocycles. The van der Waals surface area contributed by atoms with Crippen LogP contribution in [0.2, 0.25) is 0 Å². The van der Waals surface area contributed by atoms with Gasteiger partial charge in [-0.3, -0.25) is 0 Å². The van der Waals surface area contributed by atoms with E-state index in [0.717, 1.165) is 12.8 Å². The van der Waals surface area contributed by atoms with Gasteiger partial charge >= 0.3 is 0 Å². The van der Waals surface area contributed by atoms with Gasteiger partial charge in [0.1, 0.15) is 0 Å². The Labute approximate surface area is 108 Å². The molecule has 0 amide bonds. The van der Waals surface area contributed by atoms with Crippen LogP contribution in [-0.4, -0.2) is 25.0 Å². The van der Waals surface area contributed by atoms with Crippen molar-refractivity contribution in [3.63, 3.8) is 0 Å². The number of hydrogen-bond acceptors (Lipinski definition) is 3. The highest BCUT2D eigenvalue weighted by molar-refractivity contribution is 7.89. The fourth-order valence-corrected chi connectivity index (χ4v) is 5.34. The first-order valence-electron chi connectivity index (χ1n) is 6.03. The van der Waals surface area contributed by atoms with Crippen LogP contribution in [0.15, 0.2) is 17.5 Å². The second-order valence-corrected chi connectivity index (χ2v) is 7.90. The number of sulfonamides is 1. The minimum absolute atomic E-state index is 0.0822. The number of hydrogen-bond donors (Lipinski definition) is 0. The summed E-state index contributed by atoms with van der Waals surface area (Å²) in [7, 11) is -3.09. The van der Waals surface area contributed by atoms with Gasteiger partial charge in [-0.2, -0.15) is 4.31 Å². The topological polar surface area (TPSA) is 37.4 Å². The first-order chi connectivity index (χ1) is 8.00. The molecule has 1 atom stereocenters. The molecule has 5 heteroatoms. The molecule has 0 saturated carbocycles. The lowest BCUT2D eigenvalue weighted by Gasteiger charge is -2.24. The van der Waals surface area contributed by atoms with Crippen LogP contribution in [0.25, 0.3) is 0 Å². The minimum atomic E-state index is -3.09. The first kappa shape index (κ1) is 13.1. The van der Waals surface area contributed by atoms with Crippen molar-refractivity contribution >= 4 is 21.4 Å². The Morgan fingerprint density at radius 1 is 1.53 bits per heavy atom. The van der Waals surface area contributed by atoms with E-state index in [4.69, 9.17) is 0 Å². The summed E-state index contributed by atoms with van der Waals surface area (Å²) in [5, 5.41) is 2.01. The standard InChI is InChI=1S/C12H19NO2S2/c1-10(2)9-17(14,15)13-7-3-5-11(13)12-6-4-8-16-12/h4,6,8,10-11H,3,5,7,9H2,1-2H3/t11-/m1/s1. The molecule has 17 heavy (non-hydrogen) atoms. The van der Waals surface area contributed by atoms with Crippen LogP contribution >= 0.6 is 11.3 Å². The Bertz CT molecular complexity index is 451. The summed E-state index contributed by atoms with van der Waals surface area (Å²) in [4.78, 5) is 1.18. The number of nitrogens with zero attached hydrogens (tertiary/aromatic N) is 1. The SMILES string of the molecule is CC(C)CS(=O)(=O)N1CCC[C@@H]1c1cccs1. The molecule has 0 bridgehead atoms. The third kappa shape index (κ3) is 2.89. The predicted octanol–water partition coefficient (Wildman–Crippen LogP) is 2.87. The van der Waals surface area contributed by atoms with Gasteiger partial charge in [0, 0.05) is 11.4 Å². The summed E-state index contributed by atoms with van der Waals surface area (Å²) in [6.07, 6.45) is 1.93. The summed E-state index contributed by atoms with van der Waals surface area (Å²) in [5.41, 5.74) is 0. The Morgan fingerprint density at radius 3 is 2.88 bits per heavy atom. The zero-order chi connectivity index (χ0) is 12.5. The highest BCUT2D eigenvalue weighted by atomic mass is 32.2. The average molecular weight is 273 g/mol. The summed E-state index contributed by atoms with van der Waals surface area (Å²) >= 11 is 1.65. The van der Waals surface area contributed by atoms with E-state index < -0.39 is 10.0 Å². The molecule has 2 heterocycles. The summed E-state index contributed by atoms with van der Waals surface area (Å²) < 4.78 is 26.3.